The molecule has 0 aromatic heterocycles. The van der Waals surface area contributed by atoms with E-state index in [0.717, 1.165) is 12.8 Å². The fourth-order valence-corrected chi connectivity index (χ4v) is 1.89. The van der Waals surface area contributed by atoms with E-state index in [9.17, 15) is 0 Å². The third kappa shape index (κ3) is 6.29. The Morgan fingerprint density at radius 2 is 1.04 bits per heavy atom. The van der Waals surface area contributed by atoms with E-state index in [1.54, 1.807) is 36.4 Å². The van der Waals surface area contributed by atoms with E-state index < -0.39 is 0 Å². The van der Waals surface area contributed by atoms with Crippen molar-refractivity contribution in [1.82, 2.24) is 0 Å². The first kappa shape index (κ1) is 21.5. The van der Waals surface area contributed by atoms with Gasteiger partial charge in [-0.25, -0.2) is 0 Å². The van der Waals surface area contributed by atoms with Gasteiger partial charge >= 0.3 is 11.4 Å². The summed E-state index contributed by atoms with van der Waals surface area (Å²) in [6, 6.07) is 14.1. The lowest BCUT2D eigenvalue weighted by Crippen LogP contribution is -3.00. The monoisotopic (exact) mass is 366 g/mol. The first-order chi connectivity index (χ1) is 10.8. The number of halogens is 2. The molecule has 0 aliphatic heterocycles. The molecule has 0 unspecified atom stereocenters. The van der Waals surface area contributed by atoms with Gasteiger partial charge in [0.2, 0.25) is 22.3 Å². The maximum absolute atomic E-state index is 8.83. The van der Waals surface area contributed by atoms with Crippen LogP contribution in [0.5, 0.6) is 11.5 Å². The van der Waals surface area contributed by atoms with Crippen LogP contribution in [0.4, 0.5) is 11.4 Å². The summed E-state index contributed by atoms with van der Waals surface area (Å²) in [5.41, 5.74) is 0.828. The van der Waals surface area contributed by atoms with Gasteiger partial charge in [-0.05, 0) is 25.0 Å². The highest BCUT2D eigenvalue weighted by Gasteiger charge is 2.14. The van der Waals surface area contributed by atoms with Crippen molar-refractivity contribution < 1.29 is 34.3 Å². The Morgan fingerprint density at radius 3 is 1.42 bits per heavy atom. The van der Waals surface area contributed by atoms with Gasteiger partial charge in [-0.1, -0.05) is 24.3 Å². The molecule has 0 heterocycles. The smallest absolute Gasteiger partial charge is 0.426 e. The minimum Gasteiger partial charge on any atom is -1.00 e. The Labute approximate surface area is 152 Å². The summed E-state index contributed by atoms with van der Waals surface area (Å²) in [6.07, 6.45) is 1.58. The molecule has 0 N–H and O–H groups in total. The molecule has 0 bridgehead atoms. The van der Waals surface area contributed by atoms with Gasteiger partial charge in [0, 0.05) is 12.1 Å². The molecule has 2 aromatic rings. The fourth-order valence-electron chi connectivity index (χ4n) is 1.89. The second-order valence-electron chi connectivity index (χ2n) is 4.54. The fraction of sp³-hybridized carbons (Fsp3) is 0.250. The zero-order chi connectivity index (χ0) is 15.6. The number of ether oxygens (including phenoxy) is 2. The van der Waals surface area contributed by atoms with Gasteiger partial charge in [0.1, 0.15) is 0 Å². The maximum atomic E-state index is 8.83. The van der Waals surface area contributed by atoms with Crippen LogP contribution in [0, 0.1) is 10.8 Å². The summed E-state index contributed by atoms with van der Waals surface area (Å²) in [7, 11) is 0. The van der Waals surface area contributed by atoms with Crippen LogP contribution in [-0.2, 0) is 0 Å². The summed E-state index contributed by atoms with van der Waals surface area (Å²) >= 11 is 0. The molecule has 8 heteroatoms. The maximum Gasteiger partial charge on any atom is 0.426 e. The van der Waals surface area contributed by atoms with Crippen LogP contribution < -0.4 is 34.3 Å². The summed E-state index contributed by atoms with van der Waals surface area (Å²) in [4.78, 5) is 6.32. The van der Waals surface area contributed by atoms with Gasteiger partial charge in [-0.3, -0.25) is 0 Å². The molecule has 0 saturated heterocycles. The minimum atomic E-state index is 0. The third-order valence-corrected chi connectivity index (χ3v) is 3.00. The van der Waals surface area contributed by atoms with Crippen LogP contribution in [-0.4, -0.2) is 13.2 Å². The molecule has 2 rings (SSSR count). The van der Waals surface area contributed by atoms with Gasteiger partial charge < -0.3 is 34.3 Å². The summed E-state index contributed by atoms with van der Waals surface area (Å²) in [6.45, 7) is 1.00. The Morgan fingerprint density at radius 1 is 0.667 bits per heavy atom. The number of unbranched alkanes of at least 4 members (excludes halogenated alkanes) is 1. The molecule has 2 aromatic carbocycles. The van der Waals surface area contributed by atoms with E-state index in [1.807, 2.05) is 12.1 Å². The minimum absolute atomic E-state index is 0. The predicted molar refractivity (Wildman–Crippen MR) is 82.6 cm³/mol. The molecule has 0 fully saturated rings. The Hall–Kier alpha value is -2.54. The quantitative estimate of drug-likeness (QED) is 0.460. The van der Waals surface area contributed by atoms with E-state index in [-0.39, 0.29) is 24.8 Å². The van der Waals surface area contributed by atoms with E-state index in [4.69, 9.17) is 20.3 Å². The Kier molecular flexibility index (Phi) is 10.7. The second-order valence-corrected chi connectivity index (χ2v) is 4.54. The van der Waals surface area contributed by atoms with Crippen LogP contribution in [0.2, 0.25) is 0 Å². The zero-order valence-electron chi connectivity index (χ0n) is 12.8. The Balaban J connectivity index is 0.00000264. The van der Waals surface area contributed by atoms with Crippen LogP contribution in [0.15, 0.2) is 48.5 Å². The van der Waals surface area contributed by atoms with E-state index in [0.29, 0.717) is 36.1 Å². The van der Waals surface area contributed by atoms with Crippen molar-refractivity contribution in [2.24, 2.45) is 0 Å². The van der Waals surface area contributed by atoms with E-state index >= 15 is 0 Å². The van der Waals surface area contributed by atoms with Crippen LogP contribution in [0.25, 0.3) is 9.95 Å². The van der Waals surface area contributed by atoms with E-state index in [1.165, 1.54) is 0 Å². The zero-order valence-corrected chi connectivity index (χ0v) is 14.3. The second kappa shape index (κ2) is 12.0. The van der Waals surface area contributed by atoms with Crippen molar-refractivity contribution >= 4 is 11.4 Å². The van der Waals surface area contributed by atoms with Gasteiger partial charge in [-0.15, -0.1) is 0 Å². The number of para-hydroxylation sites is 2. The lowest BCUT2D eigenvalue weighted by molar-refractivity contribution is -0.001000. The molecule has 0 spiro atoms. The summed E-state index contributed by atoms with van der Waals surface area (Å²) in [5.74, 6) is 1.10. The Bertz CT molecular complexity index is 652. The normalized spacial score (nSPS) is 8.75. The molecule has 0 amide bonds. The van der Waals surface area contributed by atoms with Gasteiger partial charge in [-0.2, -0.15) is 0 Å². The molecule has 0 aliphatic carbocycles. The lowest BCUT2D eigenvalue weighted by Gasteiger charge is -2.05. The van der Waals surface area contributed by atoms with Gasteiger partial charge in [0.25, 0.3) is 0 Å². The summed E-state index contributed by atoms with van der Waals surface area (Å²) < 4.78 is 11.1. The van der Waals surface area contributed by atoms with Crippen molar-refractivity contribution in [1.29, 1.82) is 10.8 Å². The number of benzene rings is 2. The molecular weight excluding hydrogens is 351 g/mol. The average molecular weight is 367 g/mol. The molecule has 0 aliphatic rings. The number of rotatable bonds is 7. The molecule has 24 heavy (non-hydrogen) atoms. The SMILES string of the molecule is N#[N+]c1ccccc1OCCCCOc1ccccc1[N+]#N.[Cl-].[Cl-]. The lowest BCUT2D eigenvalue weighted by atomic mass is 10.3. The van der Waals surface area contributed by atoms with Crippen LogP contribution in [0.1, 0.15) is 12.8 Å². The molecule has 0 atom stereocenters. The molecule has 0 saturated carbocycles. The van der Waals surface area contributed by atoms with Crippen molar-refractivity contribution in [3.8, 4) is 11.5 Å². The number of hydrogen-bond acceptors (Lipinski definition) is 4. The number of hydrogen-bond donors (Lipinski definition) is 0. The van der Waals surface area contributed by atoms with Crippen molar-refractivity contribution in [2.75, 3.05) is 13.2 Å². The van der Waals surface area contributed by atoms with Crippen LogP contribution in [0.3, 0.4) is 0 Å². The van der Waals surface area contributed by atoms with Crippen molar-refractivity contribution in [3.63, 3.8) is 0 Å². The predicted octanol–water partition coefficient (Wildman–Crippen LogP) is -1.10. The van der Waals surface area contributed by atoms with Gasteiger partial charge in [0.15, 0.2) is 9.95 Å². The molecular formula is C16H16Cl2N4O2. The van der Waals surface area contributed by atoms with Crippen LogP contribution >= 0.6 is 0 Å². The van der Waals surface area contributed by atoms with Crippen molar-refractivity contribution in [3.05, 3.63) is 58.5 Å². The highest BCUT2D eigenvalue weighted by molar-refractivity contribution is 5.57. The standard InChI is InChI=1S/C16H16N4O2.2ClH/c17-19-13-7-1-3-9-15(13)21-11-5-6-12-22-16-10-4-2-8-14(16)20-18;;/h1-4,7-10H,5-6,11-12H2;2*1H/q+2;;/p-2. The number of nitrogens with zero attached hydrogens (tertiary/aromatic N) is 4. The summed E-state index contributed by atoms with van der Waals surface area (Å²) in [5, 5.41) is 17.7. The van der Waals surface area contributed by atoms with Crippen molar-refractivity contribution in [2.45, 2.75) is 12.8 Å². The largest absolute Gasteiger partial charge is 1.00 e. The molecule has 0 radical (unpaired) electrons. The molecule has 126 valence electrons. The highest BCUT2D eigenvalue weighted by atomic mass is 35.5. The molecule has 6 nitrogen and oxygen atoms in total. The van der Waals surface area contributed by atoms with Gasteiger partial charge in [0.05, 0.1) is 13.2 Å². The first-order valence-electron chi connectivity index (χ1n) is 6.99. The third-order valence-electron chi connectivity index (χ3n) is 3.00. The first-order valence-corrected chi connectivity index (χ1v) is 6.99. The average Bonchev–Trinajstić information content (AvgIpc) is 2.58. The topological polar surface area (TPSA) is 74.8 Å². The highest BCUT2D eigenvalue weighted by Crippen LogP contribution is 2.27. The number of diazo groups is 2. The van der Waals surface area contributed by atoms with E-state index in [2.05, 4.69) is 9.95 Å².